The molecule has 3 aromatic rings. The number of ether oxygens (including phenoxy) is 3. The Morgan fingerprint density at radius 1 is 0.806 bits per heavy atom. The Balaban J connectivity index is 1.43. The van der Waals surface area contributed by atoms with Crippen molar-refractivity contribution in [2.75, 3.05) is 11.7 Å². The van der Waals surface area contributed by atoms with Gasteiger partial charge in [-0.2, -0.15) is 0 Å². The molecule has 0 radical (unpaired) electrons. The Morgan fingerprint density at radius 3 is 2.42 bits per heavy atom. The molecule has 7 rings (SSSR count). The largest absolute Gasteiger partial charge is 0.454 e. The van der Waals surface area contributed by atoms with E-state index >= 15 is 0 Å². The van der Waals surface area contributed by atoms with Crippen LogP contribution in [0.15, 0.2) is 72.8 Å². The van der Waals surface area contributed by atoms with Gasteiger partial charge in [0.15, 0.2) is 11.5 Å². The quantitative estimate of drug-likeness (QED) is 0.311. The second-order valence-corrected chi connectivity index (χ2v) is 9.56. The Bertz CT molecular complexity index is 1490. The Labute approximate surface area is 206 Å². The molecule has 4 atom stereocenters. The topological polar surface area (TPSA) is 82.1 Å². The molecule has 0 spiro atoms. The zero-order valence-corrected chi connectivity index (χ0v) is 19.3. The van der Waals surface area contributed by atoms with Crippen LogP contribution >= 0.6 is 0 Å². The molecular weight excluding hydrogens is 458 g/mol. The summed E-state index contributed by atoms with van der Waals surface area (Å²) in [5, 5.41) is 0. The molecule has 1 saturated heterocycles. The molecule has 178 valence electrons. The first-order chi connectivity index (χ1) is 17.5. The Hall–Kier alpha value is -4.39. The average Bonchev–Trinajstić information content (AvgIpc) is 3.45. The lowest BCUT2D eigenvalue weighted by atomic mass is 9.64. The molecule has 2 amide bonds. The Kier molecular flexibility index (Phi) is 4.39. The van der Waals surface area contributed by atoms with Crippen LogP contribution in [0, 0.1) is 24.7 Å². The van der Waals surface area contributed by atoms with Crippen LogP contribution in [-0.2, 0) is 14.4 Å². The molecule has 0 unspecified atom stereocenters. The fraction of sp³-hybridized carbons (Fsp3) is 0.207. The number of carbonyl (C=O) groups is 3. The summed E-state index contributed by atoms with van der Waals surface area (Å²) in [6.07, 6.45) is 1.97. The van der Waals surface area contributed by atoms with E-state index in [1.165, 1.54) is 4.90 Å². The summed E-state index contributed by atoms with van der Waals surface area (Å²) in [6, 6.07) is 20.1. The first-order valence-corrected chi connectivity index (χ1v) is 11.9. The molecule has 0 aromatic heterocycles. The molecule has 0 bridgehead atoms. The van der Waals surface area contributed by atoms with E-state index in [2.05, 4.69) is 0 Å². The number of rotatable bonds is 2. The molecule has 7 heteroatoms. The number of para-hydroxylation sites is 1. The zero-order valence-electron chi connectivity index (χ0n) is 19.3. The minimum Gasteiger partial charge on any atom is -0.454 e. The van der Waals surface area contributed by atoms with Gasteiger partial charge in [-0.1, -0.05) is 42.5 Å². The van der Waals surface area contributed by atoms with Crippen molar-refractivity contribution in [2.45, 2.75) is 12.8 Å². The molecule has 3 aromatic carbocycles. The van der Waals surface area contributed by atoms with E-state index in [0.717, 1.165) is 22.3 Å². The number of amides is 2. The van der Waals surface area contributed by atoms with Crippen molar-refractivity contribution in [3.8, 4) is 17.2 Å². The minimum atomic E-state index is -0.880. The number of allylic oxidation sites excluding steroid dienone is 1. The number of fused-ring (bicyclic) bond motifs is 6. The van der Waals surface area contributed by atoms with Crippen LogP contribution in [0.3, 0.4) is 0 Å². The summed E-state index contributed by atoms with van der Waals surface area (Å²) in [5.41, 5.74) is 3.77. The normalized spacial score (nSPS) is 25.6. The number of hydrogen-bond acceptors (Lipinski definition) is 6. The van der Waals surface area contributed by atoms with Gasteiger partial charge in [-0.15, -0.1) is 0 Å². The van der Waals surface area contributed by atoms with Gasteiger partial charge in [0.1, 0.15) is 5.75 Å². The number of imide groups is 1. The number of benzene rings is 3. The van der Waals surface area contributed by atoms with E-state index in [1.54, 1.807) is 24.3 Å². The summed E-state index contributed by atoms with van der Waals surface area (Å²) in [6.45, 7) is 2.06. The van der Waals surface area contributed by atoms with Gasteiger partial charge in [0, 0.05) is 11.5 Å². The summed E-state index contributed by atoms with van der Waals surface area (Å²) >= 11 is 0. The molecule has 36 heavy (non-hydrogen) atoms. The predicted octanol–water partition coefficient (Wildman–Crippen LogP) is 4.25. The number of nitrogens with zero attached hydrogens (tertiary/aromatic N) is 1. The molecule has 0 N–H and O–H groups in total. The third-order valence-corrected chi connectivity index (χ3v) is 7.55. The SMILES string of the molecule is Cc1ccc2c(c1)OC(=O)[C@@H]1C2=C[C@H](c2ccc3c(c2)OCO3)[C@H]2C(=O)N(c3ccccc3)C(=O)[C@H]12. The van der Waals surface area contributed by atoms with Crippen molar-refractivity contribution in [3.05, 3.63) is 89.5 Å². The van der Waals surface area contributed by atoms with Crippen LogP contribution in [0.1, 0.15) is 22.6 Å². The fourth-order valence-electron chi connectivity index (χ4n) is 5.95. The van der Waals surface area contributed by atoms with Crippen LogP contribution in [0.4, 0.5) is 5.69 Å². The van der Waals surface area contributed by atoms with Crippen molar-refractivity contribution >= 4 is 29.0 Å². The van der Waals surface area contributed by atoms with Crippen LogP contribution in [-0.4, -0.2) is 24.6 Å². The monoisotopic (exact) mass is 479 g/mol. The zero-order chi connectivity index (χ0) is 24.6. The molecule has 1 aliphatic carbocycles. The van der Waals surface area contributed by atoms with E-state index in [0.29, 0.717) is 22.9 Å². The number of esters is 1. The predicted molar refractivity (Wildman–Crippen MR) is 130 cm³/mol. The maximum Gasteiger partial charge on any atom is 0.319 e. The first-order valence-electron chi connectivity index (χ1n) is 11.9. The lowest BCUT2D eigenvalue weighted by molar-refractivity contribution is -0.142. The standard InChI is InChI=1S/C29H21NO6/c1-15-7-9-18-20-13-19(16-8-10-21-23(12-16)35-14-34-21)24-26(25(20)29(33)36-22(18)11-15)28(32)30(27(24)31)17-5-3-2-4-6-17/h2-13,19,24-26H,14H2,1H3/t19-,24-,25-,26+/m1/s1. The lowest BCUT2D eigenvalue weighted by Crippen LogP contribution is -2.42. The lowest BCUT2D eigenvalue weighted by Gasteiger charge is -2.38. The van der Waals surface area contributed by atoms with Crippen LogP contribution < -0.4 is 19.1 Å². The van der Waals surface area contributed by atoms with Gasteiger partial charge >= 0.3 is 5.97 Å². The van der Waals surface area contributed by atoms with Gasteiger partial charge in [0.25, 0.3) is 0 Å². The maximum absolute atomic E-state index is 13.9. The molecule has 4 aliphatic rings. The van der Waals surface area contributed by atoms with E-state index in [4.69, 9.17) is 14.2 Å². The summed E-state index contributed by atoms with van der Waals surface area (Å²) < 4.78 is 16.8. The number of carbonyl (C=O) groups excluding carboxylic acids is 3. The average molecular weight is 479 g/mol. The van der Waals surface area contributed by atoms with Gasteiger partial charge in [-0.3, -0.25) is 14.4 Å². The molecule has 0 saturated carbocycles. The van der Waals surface area contributed by atoms with E-state index in [-0.39, 0.29) is 18.6 Å². The van der Waals surface area contributed by atoms with Crippen LogP contribution in [0.25, 0.3) is 5.57 Å². The molecule has 3 aliphatic heterocycles. The van der Waals surface area contributed by atoms with Gasteiger partial charge in [0.05, 0.1) is 23.4 Å². The van der Waals surface area contributed by atoms with E-state index in [9.17, 15) is 14.4 Å². The van der Waals surface area contributed by atoms with E-state index < -0.39 is 29.6 Å². The number of anilines is 1. The van der Waals surface area contributed by atoms with E-state index in [1.807, 2.05) is 55.5 Å². The third kappa shape index (κ3) is 2.89. The van der Waals surface area contributed by atoms with Crippen molar-refractivity contribution in [1.82, 2.24) is 0 Å². The number of aryl methyl sites for hydroxylation is 1. The van der Waals surface area contributed by atoms with Crippen LogP contribution in [0.2, 0.25) is 0 Å². The third-order valence-electron chi connectivity index (χ3n) is 7.55. The molecule has 3 heterocycles. The molecular formula is C29H21NO6. The number of hydrogen-bond donors (Lipinski definition) is 0. The van der Waals surface area contributed by atoms with Gasteiger partial charge < -0.3 is 14.2 Å². The summed E-state index contributed by atoms with van der Waals surface area (Å²) in [7, 11) is 0. The highest BCUT2D eigenvalue weighted by atomic mass is 16.7. The Morgan fingerprint density at radius 2 is 1.58 bits per heavy atom. The summed E-state index contributed by atoms with van der Waals surface area (Å²) in [4.78, 5) is 42.4. The van der Waals surface area contributed by atoms with Gasteiger partial charge in [-0.25, -0.2) is 4.90 Å². The highest BCUT2D eigenvalue weighted by Gasteiger charge is 2.60. The second kappa shape index (κ2) is 7.55. The second-order valence-electron chi connectivity index (χ2n) is 9.56. The first kappa shape index (κ1) is 20.9. The minimum absolute atomic E-state index is 0.135. The highest BCUT2D eigenvalue weighted by Crippen LogP contribution is 2.55. The van der Waals surface area contributed by atoms with Crippen molar-refractivity contribution in [1.29, 1.82) is 0 Å². The highest BCUT2D eigenvalue weighted by molar-refractivity contribution is 6.24. The maximum atomic E-state index is 13.9. The molecule has 7 nitrogen and oxygen atoms in total. The smallest absolute Gasteiger partial charge is 0.319 e. The van der Waals surface area contributed by atoms with Crippen molar-refractivity contribution in [2.24, 2.45) is 17.8 Å². The van der Waals surface area contributed by atoms with Gasteiger partial charge in [0.2, 0.25) is 18.6 Å². The van der Waals surface area contributed by atoms with Gasteiger partial charge in [-0.05, 0) is 54.0 Å². The summed E-state index contributed by atoms with van der Waals surface area (Å²) in [5.74, 6) is -2.44. The van der Waals surface area contributed by atoms with Crippen LogP contribution in [0.5, 0.6) is 17.2 Å². The van der Waals surface area contributed by atoms with Crippen molar-refractivity contribution < 1.29 is 28.6 Å². The fourth-order valence-corrected chi connectivity index (χ4v) is 5.95. The molecule has 1 fully saturated rings. The van der Waals surface area contributed by atoms with Crippen molar-refractivity contribution in [3.63, 3.8) is 0 Å².